The number of aldehydes is 1. The van der Waals surface area contributed by atoms with Gasteiger partial charge in [-0.15, -0.1) is 0 Å². The van der Waals surface area contributed by atoms with Crippen LogP contribution >= 0.6 is 0 Å². The first-order valence-electron chi connectivity index (χ1n) is 10.7. The number of aryl methyl sites for hydroxylation is 2. The third-order valence-corrected chi connectivity index (χ3v) is 5.79. The largest absolute Gasteiger partial charge is 0.368 e. The van der Waals surface area contributed by atoms with E-state index in [2.05, 4.69) is 54.3 Å². The van der Waals surface area contributed by atoms with E-state index in [1.165, 1.54) is 11.3 Å². The first kappa shape index (κ1) is 20.4. The molecule has 0 radical (unpaired) electrons. The van der Waals surface area contributed by atoms with Crippen molar-refractivity contribution in [2.75, 3.05) is 18.0 Å². The molecule has 0 amide bonds. The highest BCUT2D eigenvalue weighted by atomic mass is 16.1. The lowest BCUT2D eigenvalue weighted by Gasteiger charge is -2.38. The van der Waals surface area contributed by atoms with E-state index in [1.54, 1.807) is 0 Å². The van der Waals surface area contributed by atoms with Crippen molar-refractivity contribution in [3.8, 4) is 0 Å². The van der Waals surface area contributed by atoms with Crippen molar-refractivity contribution in [1.82, 2.24) is 14.9 Å². The Bertz CT molecular complexity index is 1090. The Kier molecular flexibility index (Phi) is 5.73. The van der Waals surface area contributed by atoms with Crippen LogP contribution in [0.5, 0.6) is 0 Å². The van der Waals surface area contributed by atoms with E-state index in [9.17, 15) is 4.79 Å². The van der Waals surface area contributed by atoms with E-state index < -0.39 is 0 Å². The minimum atomic E-state index is 0.473. The van der Waals surface area contributed by atoms with Crippen molar-refractivity contribution >= 4 is 29.1 Å². The second kappa shape index (κ2) is 8.44. The topological polar surface area (TPSA) is 49.6 Å². The molecule has 2 unspecified atom stereocenters. The number of piperazine rings is 1. The van der Waals surface area contributed by atoms with Gasteiger partial charge in [-0.1, -0.05) is 13.0 Å². The number of allylic oxidation sites excluding steroid dienone is 1. The van der Waals surface area contributed by atoms with Gasteiger partial charge in [-0.05, 0) is 74.7 Å². The van der Waals surface area contributed by atoms with E-state index in [-0.39, 0.29) is 0 Å². The summed E-state index contributed by atoms with van der Waals surface area (Å²) in [6, 6.07) is 13.6. The molecule has 3 aromatic rings. The zero-order chi connectivity index (χ0) is 21.3. The highest BCUT2D eigenvalue weighted by Gasteiger charge is 2.21. The molecule has 0 saturated carbocycles. The average Bonchev–Trinajstić information content (AvgIpc) is 3.14. The lowest BCUT2D eigenvalue weighted by molar-refractivity contribution is -0.103. The lowest BCUT2D eigenvalue weighted by Crippen LogP contribution is -2.54. The molecule has 30 heavy (non-hydrogen) atoms. The average molecular weight is 403 g/mol. The molecular formula is C25H30N4O. The molecule has 156 valence electrons. The summed E-state index contributed by atoms with van der Waals surface area (Å²) in [6.45, 7) is 10.6. The molecule has 1 aliphatic heterocycles. The van der Waals surface area contributed by atoms with Crippen LogP contribution < -0.4 is 10.2 Å². The number of fused-ring (bicyclic) bond motifs is 1. The molecule has 0 spiro atoms. The maximum absolute atomic E-state index is 11.9. The Balaban J connectivity index is 1.67. The van der Waals surface area contributed by atoms with Gasteiger partial charge < -0.3 is 10.2 Å². The number of carbonyl (C=O) groups is 1. The third kappa shape index (κ3) is 4.17. The Morgan fingerprint density at radius 2 is 1.93 bits per heavy atom. The van der Waals surface area contributed by atoms with Gasteiger partial charge >= 0.3 is 0 Å². The highest BCUT2D eigenvalue weighted by molar-refractivity contribution is 6.13. The van der Waals surface area contributed by atoms with Crippen molar-refractivity contribution in [2.24, 2.45) is 0 Å². The van der Waals surface area contributed by atoms with Gasteiger partial charge in [0.05, 0.1) is 11.2 Å². The summed E-state index contributed by atoms with van der Waals surface area (Å²) in [6.07, 6.45) is 5.78. The van der Waals surface area contributed by atoms with E-state index in [0.717, 1.165) is 48.1 Å². The van der Waals surface area contributed by atoms with Gasteiger partial charge in [0.2, 0.25) is 0 Å². The standard InChI is InChI=1S/C25H30N4O/c1-5-20-11-24(28-13-18(3)26-19(4)14-28)9-7-21(20)10-23(16-30)22-12-25-8-6-17(2)27-29(25)15-22/h6-12,15-16,18-19,26H,5,13-14H2,1-4H3/b23-10+. The summed E-state index contributed by atoms with van der Waals surface area (Å²) in [7, 11) is 0. The minimum Gasteiger partial charge on any atom is -0.368 e. The fourth-order valence-electron chi connectivity index (χ4n) is 4.37. The van der Waals surface area contributed by atoms with Gasteiger partial charge in [0.25, 0.3) is 0 Å². The van der Waals surface area contributed by atoms with Crippen molar-refractivity contribution in [1.29, 1.82) is 0 Å². The zero-order valence-electron chi connectivity index (χ0n) is 18.2. The quantitative estimate of drug-likeness (QED) is 0.515. The van der Waals surface area contributed by atoms with Crippen LogP contribution in [0.3, 0.4) is 0 Å². The monoisotopic (exact) mass is 402 g/mol. The molecule has 1 fully saturated rings. The van der Waals surface area contributed by atoms with E-state index >= 15 is 0 Å². The van der Waals surface area contributed by atoms with Crippen LogP contribution in [0, 0.1) is 6.92 Å². The molecule has 2 atom stereocenters. The minimum absolute atomic E-state index is 0.473. The predicted octanol–water partition coefficient (Wildman–Crippen LogP) is 4.13. The number of rotatable bonds is 5. The predicted molar refractivity (Wildman–Crippen MR) is 124 cm³/mol. The maximum Gasteiger partial charge on any atom is 0.150 e. The number of benzene rings is 1. The number of carbonyl (C=O) groups excluding carboxylic acids is 1. The molecule has 5 nitrogen and oxygen atoms in total. The maximum atomic E-state index is 11.9. The van der Waals surface area contributed by atoms with Gasteiger partial charge in [-0.25, -0.2) is 4.52 Å². The SMILES string of the molecule is CCc1cc(N2CC(C)NC(C)C2)ccc1/C=C(\C=O)c1cc2ccc(C)nn2c1. The van der Waals surface area contributed by atoms with Gasteiger partial charge in [0.1, 0.15) is 0 Å². The number of anilines is 1. The number of nitrogens with one attached hydrogen (secondary N) is 1. The summed E-state index contributed by atoms with van der Waals surface area (Å²) < 4.78 is 1.83. The van der Waals surface area contributed by atoms with Gasteiger partial charge in [0, 0.05) is 48.2 Å². The Hall–Kier alpha value is -2.92. The summed E-state index contributed by atoms with van der Waals surface area (Å²) in [5.41, 5.74) is 7.09. The first-order valence-corrected chi connectivity index (χ1v) is 10.7. The van der Waals surface area contributed by atoms with E-state index in [0.29, 0.717) is 17.7 Å². The second-order valence-corrected chi connectivity index (χ2v) is 8.40. The molecule has 1 N–H and O–H groups in total. The van der Waals surface area contributed by atoms with Crippen LogP contribution in [0.4, 0.5) is 5.69 Å². The van der Waals surface area contributed by atoms with Crippen molar-refractivity contribution in [2.45, 2.75) is 46.2 Å². The molecular weight excluding hydrogens is 372 g/mol. The Morgan fingerprint density at radius 1 is 1.17 bits per heavy atom. The van der Waals surface area contributed by atoms with Crippen LogP contribution in [0.2, 0.25) is 0 Å². The smallest absolute Gasteiger partial charge is 0.150 e. The molecule has 1 saturated heterocycles. The number of hydrogen-bond donors (Lipinski definition) is 1. The van der Waals surface area contributed by atoms with Gasteiger partial charge in [-0.3, -0.25) is 4.79 Å². The van der Waals surface area contributed by atoms with Gasteiger partial charge in [0.15, 0.2) is 6.29 Å². The highest BCUT2D eigenvalue weighted by Crippen LogP contribution is 2.26. The summed E-state index contributed by atoms with van der Waals surface area (Å²) in [5.74, 6) is 0. The number of aromatic nitrogens is 2. The molecule has 0 aliphatic carbocycles. The molecule has 5 heteroatoms. The fourth-order valence-corrected chi connectivity index (χ4v) is 4.37. The van der Waals surface area contributed by atoms with E-state index in [1.807, 2.05) is 41.9 Å². The molecule has 3 heterocycles. The molecule has 2 aromatic heterocycles. The molecule has 0 bridgehead atoms. The third-order valence-electron chi connectivity index (χ3n) is 5.79. The van der Waals surface area contributed by atoms with Crippen LogP contribution in [0.1, 0.15) is 43.2 Å². The molecule has 4 rings (SSSR count). The van der Waals surface area contributed by atoms with Crippen LogP contribution in [0.15, 0.2) is 42.6 Å². The first-order chi connectivity index (χ1) is 14.5. The molecule has 1 aromatic carbocycles. The Labute approximate surface area is 178 Å². The zero-order valence-corrected chi connectivity index (χ0v) is 18.2. The number of nitrogens with zero attached hydrogens (tertiary/aromatic N) is 3. The van der Waals surface area contributed by atoms with Crippen molar-refractivity contribution in [3.05, 3.63) is 65.0 Å². The fraction of sp³-hybridized carbons (Fsp3) is 0.360. The van der Waals surface area contributed by atoms with Crippen LogP contribution in [-0.4, -0.2) is 41.1 Å². The number of hydrogen-bond acceptors (Lipinski definition) is 4. The van der Waals surface area contributed by atoms with Crippen molar-refractivity contribution in [3.63, 3.8) is 0 Å². The van der Waals surface area contributed by atoms with E-state index in [4.69, 9.17) is 0 Å². The Morgan fingerprint density at radius 3 is 2.63 bits per heavy atom. The summed E-state index contributed by atoms with van der Waals surface area (Å²) in [4.78, 5) is 14.4. The van der Waals surface area contributed by atoms with Gasteiger partial charge in [-0.2, -0.15) is 5.10 Å². The normalized spacial score (nSPS) is 20.0. The summed E-state index contributed by atoms with van der Waals surface area (Å²) >= 11 is 0. The molecule has 1 aliphatic rings. The second-order valence-electron chi connectivity index (χ2n) is 8.40. The lowest BCUT2D eigenvalue weighted by atomic mass is 9.99. The summed E-state index contributed by atoms with van der Waals surface area (Å²) in [5, 5.41) is 8.08. The van der Waals surface area contributed by atoms with Crippen molar-refractivity contribution < 1.29 is 4.79 Å². The van der Waals surface area contributed by atoms with Crippen LogP contribution in [-0.2, 0) is 11.2 Å². The van der Waals surface area contributed by atoms with Crippen LogP contribution in [0.25, 0.3) is 17.2 Å².